The fraction of sp³-hybridized carbons (Fsp3) is 0.0476. The molecule has 0 radical (unpaired) electrons. The lowest BCUT2D eigenvalue weighted by atomic mass is 9.82. The minimum atomic E-state index is -0.108. The van der Waals surface area contributed by atoms with Gasteiger partial charge in [0.1, 0.15) is 0 Å². The van der Waals surface area contributed by atoms with Crippen LogP contribution in [-0.4, -0.2) is 4.57 Å². The molecule has 0 spiro atoms. The van der Waals surface area contributed by atoms with Crippen molar-refractivity contribution in [3.05, 3.63) is 242 Å². The Morgan fingerprint density at radius 1 is 0.379 bits per heavy atom. The van der Waals surface area contributed by atoms with Gasteiger partial charge in [-0.2, -0.15) is 0 Å². The summed E-state index contributed by atoms with van der Waals surface area (Å²) in [6.45, 7) is 4.72. The van der Waals surface area contributed by atoms with Crippen LogP contribution in [0.1, 0.15) is 25.0 Å². The van der Waals surface area contributed by atoms with Crippen LogP contribution in [0.5, 0.6) is 0 Å². The first-order valence-corrected chi connectivity index (χ1v) is 23.6. The Labute approximate surface area is 388 Å². The van der Waals surface area contributed by atoms with E-state index in [9.17, 15) is 0 Å². The van der Waals surface area contributed by atoms with Crippen LogP contribution in [0.2, 0.25) is 0 Å². The molecule has 0 N–H and O–H groups in total. The van der Waals surface area contributed by atoms with Gasteiger partial charge in [0.2, 0.25) is 0 Å². The van der Waals surface area contributed by atoms with Gasteiger partial charge in [0.15, 0.2) is 0 Å². The molecule has 312 valence electrons. The third-order valence-corrected chi connectivity index (χ3v) is 15.2. The van der Waals surface area contributed by atoms with Gasteiger partial charge in [0.05, 0.1) is 11.0 Å². The molecule has 2 aromatic heterocycles. The summed E-state index contributed by atoms with van der Waals surface area (Å²) in [5, 5.41) is 5.20. The first-order chi connectivity index (χ1) is 32.5. The summed E-state index contributed by atoms with van der Waals surface area (Å²) in [7, 11) is 0. The standard InChI is InChI=1S/C63H44N2S/c1-63(2)56-19-11-9-17-51(56)52-35-34-50(40-57(52)63)64(47-28-21-43(22-29-47)41-13-5-3-6-14-41)48-30-25-45(26-31-48)46-27-37-58-55(39-46)61-59(38-36-54-53-18-10-12-20-60(53)66-62(54)61)65(58)49-32-23-44(24-33-49)42-15-7-4-8-16-42/h3-40H,1-2H3. The number of hydrogen-bond donors (Lipinski definition) is 0. The molecule has 2 heterocycles. The zero-order valence-corrected chi connectivity index (χ0v) is 37.6. The van der Waals surface area contributed by atoms with Gasteiger partial charge >= 0.3 is 0 Å². The van der Waals surface area contributed by atoms with Gasteiger partial charge in [-0.1, -0.05) is 172 Å². The van der Waals surface area contributed by atoms with Crippen molar-refractivity contribution in [1.82, 2.24) is 4.57 Å². The molecule has 13 rings (SSSR count). The number of nitrogens with zero attached hydrogens (tertiary/aromatic N) is 2. The summed E-state index contributed by atoms with van der Waals surface area (Å²) < 4.78 is 5.10. The fourth-order valence-corrected chi connectivity index (χ4v) is 12.0. The highest BCUT2D eigenvalue weighted by molar-refractivity contribution is 7.26. The van der Waals surface area contributed by atoms with Crippen molar-refractivity contribution in [2.75, 3.05) is 4.90 Å². The molecule has 66 heavy (non-hydrogen) atoms. The summed E-state index contributed by atoms with van der Waals surface area (Å²) in [5.74, 6) is 0. The average Bonchev–Trinajstić information content (AvgIpc) is 4.00. The number of aromatic nitrogens is 1. The van der Waals surface area contributed by atoms with Crippen molar-refractivity contribution >= 4 is 70.4 Å². The van der Waals surface area contributed by atoms with Crippen LogP contribution < -0.4 is 4.90 Å². The quantitative estimate of drug-likeness (QED) is 0.155. The first-order valence-electron chi connectivity index (χ1n) is 22.8. The van der Waals surface area contributed by atoms with E-state index in [4.69, 9.17) is 0 Å². The molecule has 1 aliphatic carbocycles. The van der Waals surface area contributed by atoms with Crippen molar-refractivity contribution in [3.8, 4) is 50.2 Å². The summed E-state index contributed by atoms with van der Waals surface area (Å²) in [5.41, 5.74) is 19.5. The molecule has 0 fully saturated rings. The Morgan fingerprint density at radius 3 is 1.61 bits per heavy atom. The first kappa shape index (κ1) is 38.5. The molecule has 0 saturated carbocycles. The summed E-state index contributed by atoms with van der Waals surface area (Å²) in [6.07, 6.45) is 0. The third-order valence-electron chi connectivity index (χ3n) is 14.0. The molecule has 0 atom stereocenters. The van der Waals surface area contributed by atoms with E-state index in [1.165, 1.54) is 97.6 Å². The topological polar surface area (TPSA) is 8.17 Å². The van der Waals surface area contributed by atoms with Crippen LogP contribution in [0, 0.1) is 0 Å². The monoisotopic (exact) mass is 860 g/mol. The Bertz CT molecular complexity index is 3800. The Kier molecular flexibility index (Phi) is 8.78. The van der Waals surface area contributed by atoms with E-state index in [1.54, 1.807) is 0 Å². The van der Waals surface area contributed by atoms with Crippen molar-refractivity contribution < 1.29 is 0 Å². The van der Waals surface area contributed by atoms with E-state index in [2.05, 4.69) is 254 Å². The van der Waals surface area contributed by atoms with Crippen LogP contribution in [0.25, 0.3) is 92.2 Å². The molecule has 0 aliphatic heterocycles. The zero-order chi connectivity index (χ0) is 43.9. The lowest BCUT2D eigenvalue weighted by molar-refractivity contribution is 0.660. The van der Waals surface area contributed by atoms with Crippen LogP contribution in [0.15, 0.2) is 231 Å². The predicted molar refractivity (Wildman–Crippen MR) is 282 cm³/mol. The van der Waals surface area contributed by atoms with Gasteiger partial charge in [-0.25, -0.2) is 0 Å². The molecule has 3 heteroatoms. The number of anilines is 3. The third kappa shape index (κ3) is 6.08. The highest BCUT2D eigenvalue weighted by Gasteiger charge is 2.35. The lowest BCUT2D eigenvalue weighted by Gasteiger charge is -2.28. The second-order valence-corrected chi connectivity index (χ2v) is 19.2. The van der Waals surface area contributed by atoms with Crippen LogP contribution in [-0.2, 0) is 5.41 Å². The lowest BCUT2D eigenvalue weighted by Crippen LogP contribution is -2.16. The fourth-order valence-electron chi connectivity index (χ4n) is 10.7. The number of rotatable bonds is 7. The van der Waals surface area contributed by atoms with E-state index in [0.29, 0.717) is 0 Å². The second-order valence-electron chi connectivity index (χ2n) is 18.1. The molecule has 2 nitrogen and oxygen atoms in total. The maximum absolute atomic E-state index is 2.45. The maximum Gasteiger partial charge on any atom is 0.0555 e. The zero-order valence-electron chi connectivity index (χ0n) is 36.7. The van der Waals surface area contributed by atoms with Crippen LogP contribution in [0.3, 0.4) is 0 Å². The van der Waals surface area contributed by atoms with E-state index >= 15 is 0 Å². The van der Waals surface area contributed by atoms with Gasteiger partial charge in [-0.15, -0.1) is 11.3 Å². The summed E-state index contributed by atoms with van der Waals surface area (Å²) in [6, 6.07) is 84.9. The van der Waals surface area contributed by atoms with E-state index in [1.807, 2.05) is 11.3 Å². The van der Waals surface area contributed by atoms with Gasteiger partial charge in [0.25, 0.3) is 0 Å². The van der Waals surface area contributed by atoms with Crippen LogP contribution >= 0.6 is 11.3 Å². The normalized spacial score (nSPS) is 12.8. The maximum atomic E-state index is 2.45. The van der Waals surface area contributed by atoms with E-state index in [-0.39, 0.29) is 5.41 Å². The van der Waals surface area contributed by atoms with Crippen molar-refractivity contribution in [3.63, 3.8) is 0 Å². The second kappa shape index (κ2) is 15.1. The van der Waals surface area contributed by atoms with Gasteiger partial charge < -0.3 is 9.47 Å². The summed E-state index contributed by atoms with van der Waals surface area (Å²) in [4.78, 5) is 2.41. The molecule has 0 unspecified atom stereocenters. The Hall–Kier alpha value is -7.98. The minimum absolute atomic E-state index is 0.108. The average molecular weight is 861 g/mol. The molecule has 1 aliphatic rings. The number of fused-ring (bicyclic) bond motifs is 10. The van der Waals surface area contributed by atoms with Crippen LogP contribution in [0.4, 0.5) is 17.1 Å². The molecule has 0 bridgehead atoms. The van der Waals surface area contributed by atoms with E-state index < -0.39 is 0 Å². The molecular formula is C63H44N2S. The number of benzene rings is 10. The Morgan fingerprint density at radius 2 is 0.909 bits per heavy atom. The van der Waals surface area contributed by atoms with Crippen molar-refractivity contribution in [2.24, 2.45) is 0 Å². The summed E-state index contributed by atoms with van der Waals surface area (Å²) >= 11 is 1.90. The highest BCUT2D eigenvalue weighted by atomic mass is 32.1. The van der Waals surface area contributed by atoms with Gasteiger partial charge in [-0.3, -0.25) is 0 Å². The minimum Gasteiger partial charge on any atom is -0.310 e. The largest absolute Gasteiger partial charge is 0.310 e. The molecule has 10 aromatic carbocycles. The molecule has 12 aromatic rings. The van der Waals surface area contributed by atoms with Gasteiger partial charge in [0, 0.05) is 59.1 Å². The van der Waals surface area contributed by atoms with Crippen molar-refractivity contribution in [2.45, 2.75) is 19.3 Å². The smallest absolute Gasteiger partial charge is 0.0555 e. The highest BCUT2D eigenvalue weighted by Crippen LogP contribution is 2.51. The SMILES string of the molecule is CC1(C)c2ccccc2-c2ccc(N(c3ccc(-c4ccccc4)cc3)c3ccc(-c4ccc5c(c4)c4c6sc7ccccc7c6ccc4n5-c4ccc(-c5ccccc5)cc4)cc3)cc21. The van der Waals surface area contributed by atoms with E-state index in [0.717, 1.165) is 22.7 Å². The Balaban J connectivity index is 0.937. The number of hydrogen-bond acceptors (Lipinski definition) is 2. The molecular weight excluding hydrogens is 817 g/mol. The predicted octanol–water partition coefficient (Wildman–Crippen LogP) is 17.9. The van der Waals surface area contributed by atoms with Gasteiger partial charge in [-0.05, 0) is 128 Å². The number of thiophene rings is 1. The van der Waals surface area contributed by atoms with Crippen molar-refractivity contribution in [1.29, 1.82) is 0 Å². The molecule has 0 saturated heterocycles. The molecule has 0 amide bonds.